The van der Waals surface area contributed by atoms with E-state index >= 15 is 0 Å². The molecule has 0 saturated heterocycles. The van der Waals surface area contributed by atoms with Gasteiger partial charge >= 0.3 is 5.97 Å². The first-order valence-corrected chi connectivity index (χ1v) is 7.73. The Labute approximate surface area is 136 Å². The van der Waals surface area contributed by atoms with Crippen LogP contribution in [0.15, 0.2) is 46.6 Å². The predicted molar refractivity (Wildman–Crippen MR) is 84.9 cm³/mol. The molecular formula is C15H14N4O3S. The van der Waals surface area contributed by atoms with Gasteiger partial charge in [-0.25, -0.2) is 9.97 Å². The topological polar surface area (TPSA) is 81.4 Å². The number of carbonyl (C=O) groups is 1. The number of nitrogens with zero attached hydrogens (tertiary/aromatic N) is 4. The molecular weight excluding hydrogens is 316 g/mol. The summed E-state index contributed by atoms with van der Waals surface area (Å²) in [7, 11) is 1.72. The summed E-state index contributed by atoms with van der Waals surface area (Å²) in [5.41, 5.74) is 0.570. The molecule has 0 aromatic carbocycles. The summed E-state index contributed by atoms with van der Waals surface area (Å²) in [6.07, 6.45) is 3.23. The van der Waals surface area contributed by atoms with Gasteiger partial charge in [0.15, 0.2) is 5.76 Å². The first-order chi connectivity index (χ1) is 11.2. The van der Waals surface area contributed by atoms with E-state index in [1.54, 1.807) is 47.8 Å². The van der Waals surface area contributed by atoms with Gasteiger partial charge in [-0.05, 0) is 17.5 Å². The largest absolute Gasteiger partial charge is 0.458 e. The Hall–Kier alpha value is -2.74. The van der Waals surface area contributed by atoms with E-state index in [0.717, 1.165) is 4.88 Å². The van der Waals surface area contributed by atoms with Crippen LogP contribution < -0.4 is 4.90 Å². The van der Waals surface area contributed by atoms with E-state index in [1.807, 2.05) is 17.5 Å². The fraction of sp³-hybridized carbons (Fsp3) is 0.200. The van der Waals surface area contributed by atoms with Crippen LogP contribution >= 0.6 is 11.3 Å². The Morgan fingerprint density at radius 1 is 1.35 bits per heavy atom. The third-order valence-electron chi connectivity index (χ3n) is 2.96. The standard InChI is InChI=1S/C15H14N4O3S/c1-19(15-16-5-3-6-17-15)9-14(20)21-10-11-8-12(22-18-11)13-4-2-7-23-13/h2-8H,9-10H2,1H3. The van der Waals surface area contributed by atoms with Crippen LogP contribution in [0.2, 0.25) is 0 Å². The highest BCUT2D eigenvalue weighted by Gasteiger charge is 2.13. The number of anilines is 1. The van der Waals surface area contributed by atoms with Crippen molar-refractivity contribution in [2.24, 2.45) is 0 Å². The van der Waals surface area contributed by atoms with E-state index in [0.29, 0.717) is 17.4 Å². The maximum absolute atomic E-state index is 11.9. The van der Waals surface area contributed by atoms with Gasteiger partial charge in [0.05, 0.1) is 4.88 Å². The Morgan fingerprint density at radius 2 is 2.17 bits per heavy atom. The highest BCUT2D eigenvalue weighted by molar-refractivity contribution is 7.13. The van der Waals surface area contributed by atoms with Crippen LogP contribution in [0.4, 0.5) is 5.95 Å². The van der Waals surface area contributed by atoms with E-state index in [2.05, 4.69) is 15.1 Å². The van der Waals surface area contributed by atoms with E-state index in [-0.39, 0.29) is 19.1 Å². The molecule has 0 saturated carbocycles. The molecule has 3 aromatic heterocycles. The molecule has 23 heavy (non-hydrogen) atoms. The second-order valence-corrected chi connectivity index (χ2v) is 5.67. The second kappa shape index (κ2) is 7.01. The fourth-order valence-corrected chi connectivity index (χ4v) is 2.54. The van der Waals surface area contributed by atoms with Crippen molar-refractivity contribution >= 4 is 23.3 Å². The Morgan fingerprint density at radius 3 is 2.91 bits per heavy atom. The van der Waals surface area contributed by atoms with Crippen LogP contribution in [0.5, 0.6) is 0 Å². The van der Waals surface area contributed by atoms with Crippen molar-refractivity contribution in [2.45, 2.75) is 6.61 Å². The molecule has 3 aromatic rings. The minimum absolute atomic E-state index is 0.0552. The summed E-state index contributed by atoms with van der Waals surface area (Å²) < 4.78 is 10.4. The number of likely N-dealkylation sites (N-methyl/N-ethyl adjacent to an activating group) is 1. The molecule has 0 unspecified atom stereocenters. The number of thiophene rings is 1. The number of aromatic nitrogens is 3. The van der Waals surface area contributed by atoms with Crippen molar-refractivity contribution in [3.05, 3.63) is 47.7 Å². The molecule has 0 atom stereocenters. The molecule has 3 rings (SSSR count). The Bertz CT molecular complexity index is 758. The number of ether oxygens (including phenoxy) is 1. The van der Waals surface area contributed by atoms with Crippen LogP contribution in [-0.2, 0) is 16.1 Å². The van der Waals surface area contributed by atoms with Gasteiger partial charge < -0.3 is 14.2 Å². The number of hydrogen-bond donors (Lipinski definition) is 0. The molecule has 3 heterocycles. The van der Waals surface area contributed by atoms with E-state index in [9.17, 15) is 4.79 Å². The Kier molecular flexibility index (Phi) is 4.62. The average molecular weight is 330 g/mol. The van der Waals surface area contributed by atoms with Crippen molar-refractivity contribution in [2.75, 3.05) is 18.5 Å². The first kappa shape index (κ1) is 15.2. The molecule has 8 heteroatoms. The van der Waals surface area contributed by atoms with Crippen molar-refractivity contribution in [1.82, 2.24) is 15.1 Å². The Balaban J connectivity index is 1.51. The van der Waals surface area contributed by atoms with Crippen molar-refractivity contribution < 1.29 is 14.1 Å². The molecule has 118 valence electrons. The number of esters is 1. The second-order valence-electron chi connectivity index (χ2n) is 4.73. The van der Waals surface area contributed by atoms with Gasteiger partial charge in [0, 0.05) is 25.5 Å². The summed E-state index contributed by atoms with van der Waals surface area (Å²) in [6.45, 7) is 0.122. The van der Waals surface area contributed by atoms with Gasteiger partial charge in [-0.3, -0.25) is 4.79 Å². The zero-order valence-corrected chi connectivity index (χ0v) is 13.2. The van der Waals surface area contributed by atoms with Gasteiger partial charge in [0.25, 0.3) is 0 Å². The monoisotopic (exact) mass is 330 g/mol. The molecule has 7 nitrogen and oxygen atoms in total. The van der Waals surface area contributed by atoms with Crippen molar-refractivity contribution in [3.63, 3.8) is 0 Å². The van der Waals surface area contributed by atoms with Crippen molar-refractivity contribution in [1.29, 1.82) is 0 Å². The highest BCUT2D eigenvalue weighted by Crippen LogP contribution is 2.25. The van der Waals surface area contributed by atoms with Gasteiger partial charge in [-0.2, -0.15) is 0 Å². The lowest BCUT2D eigenvalue weighted by atomic mass is 10.3. The molecule has 0 aliphatic rings. The summed E-state index contributed by atoms with van der Waals surface area (Å²) in [4.78, 5) is 22.6. The molecule has 0 aliphatic heterocycles. The quantitative estimate of drug-likeness (QED) is 0.642. The van der Waals surface area contributed by atoms with Crippen molar-refractivity contribution in [3.8, 4) is 10.6 Å². The molecule has 0 aliphatic carbocycles. The van der Waals surface area contributed by atoms with E-state index in [1.165, 1.54) is 0 Å². The summed E-state index contributed by atoms with van der Waals surface area (Å²) in [6, 6.07) is 7.36. The third kappa shape index (κ3) is 3.92. The molecule has 0 N–H and O–H groups in total. The normalized spacial score (nSPS) is 10.5. The lowest BCUT2D eigenvalue weighted by Gasteiger charge is -2.15. The zero-order chi connectivity index (χ0) is 16.1. The molecule has 0 amide bonds. The number of hydrogen-bond acceptors (Lipinski definition) is 8. The average Bonchev–Trinajstić information content (AvgIpc) is 3.25. The summed E-state index contributed by atoms with van der Waals surface area (Å²) in [5.74, 6) is 0.743. The first-order valence-electron chi connectivity index (χ1n) is 6.85. The van der Waals surface area contributed by atoms with Gasteiger partial charge in [0.1, 0.15) is 18.8 Å². The van der Waals surface area contributed by atoms with E-state index in [4.69, 9.17) is 9.26 Å². The van der Waals surface area contributed by atoms with Crippen LogP contribution in [0.3, 0.4) is 0 Å². The summed E-state index contributed by atoms with van der Waals surface area (Å²) >= 11 is 1.56. The van der Waals surface area contributed by atoms with Gasteiger partial charge in [0.2, 0.25) is 5.95 Å². The maximum Gasteiger partial charge on any atom is 0.326 e. The lowest BCUT2D eigenvalue weighted by Crippen LogP contribution is -2.28. The van der Waals surface area contributed by atoms with Gasteiger partial charge in [-0.1, -0.05) is 11.2 Å². The highest BCUT2D eigenvalue weighted by atomic mass is 32.1. The molecule has 0 fully saturated rings. The minimum Gasteiger partial charge on any atom is -0.458 e. The fourth-order valence-electron chi connectivity index (χ4n) is 1.87. The SMILES string of the molecule is CN(CC(=O)OCc1cc(-c2cccs2)on1)c1ncccn1. The minimum atomic E-state index is -0.388. The van der Waals surface area contributed by atoms with Crippen LogP contribution in [0.1, 0.15) is 5.69 Å². The molecule has 0 radical (unpaired) electrons. The lowest BCUT2D eigenvalue weighted by molar-refractivity contribution is -0.143. The van der Waals surface area contributed by atoms with Crippen LogP contribution in [0, 0.1) is 0 Å². The number of carbonyl (C=O) groups excluding carboxylic acids is 1. The van der Waals surface area contributed by atoms with E-state index < -0.39 is 0 Å². The third-order valence-corrected chi connectivity index (χ3v) is 3.85. The molecule has 0 spiro atoms. The molecule has 0 bridgehead atoms. The maximum atomic E-state index is 11.9. The van der Waals surface area contributed by atoms with Gasteiger partial charge in [-0.15, -0.1) is 11.3 Å². The van der Waals surface area contributed by atoms with Crippen LogP contribution in [0.25, 0.3) is 10.6 Å². The smallest absolute Gasteiger partial charge is 0.326 e. The zero-order valence-electron chi connectivity index (χ0n) is 12.4. The number of rotatable bonds is 6. The van der Waals surface area contributed by atoms with Crippen LogP contribution in [-0.4, -0.2) is 34.7 Å². The predicted octanol–water partition coefficient (Wildman–Crippen LogP) is 2.37. The summed E-state index contributed by atoms with van der Waals surface area (Å²) in [5, 5.41) is 5.85.